The topological polar surface area (TPSA) is 30.7 Å². The molecule has 2 aromatic carbocycles. The van der Waals surface area contributed by atoms with E-state index in [-0.39, 0.29) is 0 Å². The Bertz CT molecular complexity index is 958. The molecule has 0 atom stereocenters. The standard InChI is InChI=1S/C15H9F2N3S/c16-10-4-11(17)15-13(5-10)18-7-20(15)6-9-1-2-12-14(3-9)21-8-19-12/h1-5,7-8H,6H2. The molecule has 21 heavy (non-hydrogen) atoms. The van der Waals surface area contributed by atoms with Crippen LogP contribution in [0.1, 0.15) is 5.56 Å². The maximum Gasteiger partial charge on any atom is 0.152 e. The molecule has 0 bridgehead atoms. The zero-order chi connectivity index (χ0) is 14.4. The number of thiazole rings is 1. The predicted molar refractivity (Wildman–Crippen MR) is 78.4 cm³/mol. The van der Waals surface area contributed by atoms with Crippen LogP contribution in [0, 0.1) is 11.6 Å². The molecule has 104 valence electrons. The number of hydrogen-bond donors (Lipinski definition) is 0. The van der Waals surface area contributed by atoms with Crippen LogP contribution in [0.15, 0.2) is 42.2 Å². The van der Waals surface area contributed by atoms with Gasteiger partial charge in [-0.15, -0.1) is 11.3 Å². The van der Waals surface area contributed by atoms with E-state index in [1.165, 1.54) is 12.4 Å². The van der Waals surface area contributed by atoms with Crippen LogP contribution in [-0.4, -0.2) is 14.5 Å². The Morgan fingerprint density at radius 2 is 1.95 bits per heavy atom. The second-order valence-electron chi connectivity index (χ2n) is 4.78. The van der Waals surface area contributed by atoms with Gasteiger partial charge in [-0.25, -0.2) is 18.7 Å². The van der Waals surface area contributed by atoms with Crippen molar-refractivity contribution in [1.29, 1.82) is 0 Å². The van der Waals surface area contributed by atoms with E-state index in [1.54, 1.807) is 21.4 Å². The quantitative estimate of drug-likeness (QED) is 0.561. The molecule has 0 fully saturated rings. The normalized spacial score (nSPS) is 11.5. The number of nitrogens with zero attached hydrogens (tertiary/aromatic N) is 3. The molecule has 0 N–H and O–H groups in total. The summed E-state index contributed by atoms with van der Waals surface area (Å²) >= 11 is 1.56. The second kappa shape index (κ2) is 4.60. The summed E-state index contributed by atoms with van der Waals surface area (Å²) in [5.41, 5.74) is 4.41. The summed E-state index contributed by atoms with van der Waals surface area (Å²) < 4.78 is 29.9. The van der Waals surface area contributed by atoms with E-state index in [4.69, 9.17) is 0 Å². The minimum Gasteiger partial charge on any atom is -0.324 e. The van der Waals surface area contributed by atoms with Crippen LogP contribution in [0.25, 0.3) is 21.3 Å². The maximum atomic E-state index is 13.9. The highest BCUT2D eigenvalue weighted by Gasteiger charge is 2.11. The molecule has 0 aliphatic heterocycles. The molecule has 4 aromatic rings. The average Bonchev–Trinajstić information content (AvgIpc) is 3.05. The highest BCUT2D eigenvalue weighted by atomic mass is 32.1. The predicted octanol–water partition coefficient (Wildman–Crippen LogP) is 3.97. The largest absolute Gasteiger partial charge is 0.324 e. The van der Waals surface area contributed by atoms with Crippen molar-refractivity contribution in [2.45, 2.75) is 6.54 Å². The van der Waals surface area contributed by atoms with E-state index >= 15 is 0 Å². The van der Waals surface area contributed by atoms with E-state index in [9.17, 15) is 8.78 Å². The van der Waals surface area contributed by atoms with Crippen LogP contribution in [0.2, 0.25) is 0 Å². The lowest BCUT2D eigenvalue weighted by molar-refractivity contribution is 0.587. The van der Waals surface area contributed by atoms with Crippen LogP contribution < -0.4 is 0 Å². The summed E-state index contributed by atoms with van der Waals surface area (Å²) in [6, 6.07) is 8.04. The highest BCUT2D eigenvalue weighted by Crippen LogP contribution is 2.22. The molecule has 2 heterocycles. The Balaban J connectivity index is 1.80. The van der Waals surface area contributed by atoms with Gasteiger partial charge < -0.3 is 4.57 Å². The molecule has 0 unspecified atom stereocenters. The van der Waals surface area contributed by atoms with Crippen molar-refractivity contribution in [2.75, 3.05) is 0 Å². The van der Waals surface area contributed by atoms with Gasteiger partial charge in [0.25, 0.3) is 0 Å². The number of fused-ring (bicyclic) bond motifs is 2. The van der Waals surface area contributed by atoms with Crippen molar-refractivity contribution in [3.63, 3.8) is 0 Å². The van der Waals surface area contributed by atoms with Crippen LogP contribution in [0.3, 0.4) is 0 Å². The molecular weight excluding hydrogens is 292 g/mol. The van der Waals surface area contributed by atoms with Gasteiger partial charge in [0.15, 0.2) is 5.82 Å². The fourth-order valence-corrected chi connectivity index (χ4v) is 3.18. The van der Waals surface area contributed by atoms with Gasteiger partial charge in [-0.1, -0.05) is 6.07 Å². The smallest absolute Gasteiger partial charge is 0.152 e. The molecular formula is C15H9F2N3S. The number of aromatic nitrogens is 3. The zero-order valence-corrected chi connectivity index (χ0v) is 11.6. The van der Waals surface area contributed by atoms with Crippen LogP contribution in [-0.2, 0) is 6.54 Å². The molecule has 6 heteroatoms. The Hall–Kier alpha value is -2.34. The van der Waals surface area contributed by atoms with E-state index < -0.39 is 11.6 Å². The molecule has 0 spiro atoms. The molecule has 0 amide bonds. The van der Waals surface area contributed by atoms with E-state index in [1.807, 2.05) is 18.2 Å². The highest BCUT2D eigenvalue weighted by molar-refractivity contribution is 7.16. The van der Waals surface area contributed by atoms with Gasteiger partial charge in [-0.3, -0.25) is 0 Å². The third-order valence-electron chi connectivity index (χ3n) is 3.38. The van der Waals surface area contributed by atoms with E-state index in [0.717, 1.165) is 21.8 Å². The lowest BCUT2D eigenvalue weighted by atomic mass is 10.2. The third-order valence-corrected chi connectivity index (χ3v) is 4.17. The minimum atomic E-state index is -0.615. The van der Waals surface area contributed by atoms with Gasteiger partial charge in [0.1, 0.15) is 11.3 Å². The fourth-order valence-electron chi connectivity index (χ4n) is 2.44. The number of hydrogen-bond acceptors (Lipinski definition) is 3. The van der Waals surface area contributed by atoms with Crippen LogP contribution in [0.5, 0.6) is 0 Å². The summed E-state index contributed by atoms with van der Waals surface area (Å²) in [6.07, 6.45) is 1.53. The van der Waals surface area contributed by atoms with Crippen molar-refractivity contribution in [3.05, 3.63) is 59.4 Å². The summed E-state index contributed by atoms with van der Waals surface area (Å²) in [5, 5.41) is 0. The molecule has 2 aromatic heterocycles. The molecule has 0 aliphatic carbocycles. The summed E-state index contributed by atoms with van der Waals surface area (Å²) in [5.74, 6) is -1.21. The maximum absolute atomic E-state index is 13.9. The van der Waals surface area contributed by atoms with Crippen molar-refractivity contribution >= 4 is 32.6 Å². The Labute approximate surface area is 122 Å². The van der Waals surface area contributed by atoms with Gasteiger partial charge in [0, 0.05) is 18.7 Å². The Kier molecular flexibility index (Phi) is 2.71. The first-order valence-electron chi connectivity index (χ1n) is 6.33. The minimum absolute atomic E-state index is 0.320. The third kappa shape index (κ3) is 2.08. The first-order valence-corrected chi connectivity index (χ1v) is 7.21. The van der Waals surface area contributed by atoms with Crippen molar-refractivity contribution in [1.82, 2.24) is 14.5 Å². The van der Waals surface area contributed by atoms with Gasteiger partial charge >= 0.3 is 0 Å². The monoisotopic (exact) mass is 301 g/mol. The molecule has 4 rings (SSSR count). The molecule has 3 nitrogen and oxygen atoms in total. The average molecular weight is 301 g/mol. The Morgan fingerprint density at radius 3 is 2.86 bits per heavy atom. The number of imidazole rings is 1. The van der Waals surface area contributed by atoms with Gasteiger partial charge in [-0.05, 0) is 17.7 Å². The molecule has 0 aliphatic rings. The van der Waals surface area contributed by atoms with Crippen LogP contribution >= 0.6 is 11.3 Å². The number of rotatable bonds is 2. The number of halogens is 2. The van der Waals surface area contributed by atoms with Gasteiger partial charge in [-0.2, -0.15) is 0 Å². The van der Waals surface area contributed by atoms with Crippen LogP contribution in [0.4, 0.5) is 8.78 Å². The number of benzene rings is 2. The zero-order valence-electron chi connectivity index (χ0n) is 10.8. The SMILES string of the molecule is Fc1cc(F)c2c(c1)ncn2Cc1ccc2ncsc2c1. The fraction of sp³-hybridized carbons (Fsp3) is 0.0667. The summed E-state index contributed by atoms with van der Waals surface area (Å²) in [7, 11) is 0. The van der Waals surface area contributed by atoms with Crippen molar-refractivity contribution < 1.29 is 8.78 Å². The summed E-state index contributed by atoms with van der Waals surface area (Å²) in [4.78, 5) is 8.29. The first kappa shape index (κ1) is 12.4. The van der Waals surface area contributed by atoms with E-state index in [0.29, 0.717) is 17.6 Å². The molecule has 0 saturated carbocycles. The first-order chi connectivity index (χ1) is 10.2. The van der Waals surface area contributed by atoms with Gasteiger partial charge in [0.05, 0.1) is 27.6 Å². The lowest BCUT2D eigenvalue weighted by Gasteiger charge is -2.05. The van der Waals surface area contributed by atoms with Crippen molar-refractivity contribution in [2.24, 2.45) is 0 Å². The van der Waals surface area contributed by atoms with Crippen molar-refractivity contribution in [3.8, 4) is 0 Å². The van der Waals surface area contributed by atoms with E-state index in [2.05, 4.69) is 9.97 Å². The lowest BCUT2D eigenvalue weighted by Crippen LogP contribution is -1.99. The van der Waals surface area contributed by atoms with Gasteiger partial charge in [0.2, 0.25) is 0 Å². The second-order valence-corrected chi connectivity index (χ2v) is 5.67. The summed E-state index contributed by atoms with van der Waals surface area (Å²) in [6.45, 7) is 0.479. The Morgan fingerprint density at radius 1 is 1.05 bits per heavy atom. The molecule has 0 saturated heterocycles. The molecule has 0 radical (unpaired) electrons.